The average molecular weight is 202 g/mol. The summed E-state index contributed by atoms with van der Waals surface area (Å²) in [6.45, 7) is 8.38. The number of unbranched alkanes of at least 4 members (excludes halogenated alkanes) is 1. The van der Waals surface area contributed by atoms with Crippen LogP contribution in [0.1, 0.15) is 49.8 Å². The predicted octanol–water partition coefficient (Wildman–Crippen LogP) is 4.62. The molecule has 0 radical (unpaired) electrons. The van der Waals surface area contributed by atoms with Gasteiger partial charge < -0.3 is 0 Å². The monoisotopic (exact) mass is 202 g/mol. The summed E-state index contributed by atoms with van der Waals surface area (Å²) in [4.78, 5) is 0. The van der Waals surface area contributed by atoms with Gasteiger partial charge in [0.15, 0.2) is 0 Å². The van der Waals surface area contributed by atoms with Gasteiger partial charge in [-0.25, -0.2) is 0 Å². The van der Waals surface area contributed by atoms with E-state index in [-0.39, 0.29) is 0 Å². The lowest BCUT2D eigenvalue weighted by molar-refractivity contribution is 0.780. The predicted molar refractivity (Wildman–Crippen MR) is 69.1 cm³/mol. The Balaban J connectivity index is 2.95. The van der Waals surface area contributed by atoms with E-state index in [4.69, 9.17) is 0 Å². The van der Waals surface area contributed by atoms with E-state index in [1.807, 2.05) is 6.08 Å². The van der Waals surface area contributed by atoms with Crippen molar-refractivity contribution >= 4 is 6.08 Å². The van der Waals surface area contributed by atoms with Crippen molar-refractivity contribution in [1.29, 1.82) is 0 Å². The van der Waals surface area contributed by atoms with Crippen LogP contribution in [0.2, 0.25) is 0 Å². The highest BCUT2D eigenvalue weighted by molar-refractivity contribution is 5.54. The van der Waals surface area contributed by atoms with Crippen LogP contribution < -0.4 is 0 Å². The quantitative estimate of drug-likeness (QED) is 0.631. The maximum Gasteiger partial charge on any atom is -0.0228 e. The molecular formula is C15H22. The van der Waals surface area contributed by atoms with Crippen molar-refractivity contribution in [2.24, 2.45) is 0 Å². The second-order valence-electron chi connectivity index (χ2n) is 4.04. The maximum atomic E-state index is 3.90. The van der Waals surface area contributed by atoms with Crippen molar-refractivity contribution in [3.8, 4) is 0 Å². The van der Waals surface area contributed by atoms with Gasteiger partial charge in [0.05, 0.1) is 0 Å². The van der Waals surface area contributed by atoms with Gasteiger partial charge in [0.1, 0.15) is 0 Å². The van der Waals surface area contributed by atoms with Crippen LogP contribution in [0.3, 0.4) is 0 Å². The first-order valence-electron chi connectivity index (χ1n) is 6.06. The Labute approximate surface area is 94.0 Å². The van der Waals surface area contributed by atoms with Gasteiger partial charge >= 0.3 is 0 Å². The number of aryl methyl sites for hydroxylation is 1. The summed E-state index contributed by atoms with van der Waals surface area (Å²) in [5.74, 6) is 0. The fourth-order valence-electron chi connectivity index (χ4n) is 2.00. The molecule has 0 aliphatic heterocycles. The van der Waals surface area contributed by atoms with Crippen LogP contribution in [0, 0.1) is 0 Å². The molecular weight excluding hydrogens is 180 g/mol. The first-order chi connectivity index (χ1) is 7.33. The summed E-state index contributed by atoms with van der Waals surface area (Å²) in [7, 11) is 0. The van der Waals surface area contributed by atoms with Crippen molar-refractivity contribution in [3.63, 3.8) is 0 Å². The minimum atomic E-state index is 1.18. The molecule has 0 nitrogen and oxygen atoms in total. The van der Waals surface area contributed by atoms with Gasteiger partial charge in [0, 0.05) is 0 Å². The summed E-state index contributed by atoms with van der Waals surface area (Å²) >= 11 is 0. The second-order valence-corrected chi connectivity index (χ2v) is 4.04. The third-order valence-electron chi connectivity index (χ3n) is 2.83. The standard InChI is InChI=1S/C15H22/c1-4-7-10-14-12-8-11-13(6-3)15(14)9-5-2/h6,8,11-12H,3-5,7,9-10H2,1-2H3. The molecule has 0 aliphatic carbocycles. The maximum absolute atomic E-state index is 3.90. The van der Waals surface area contributed by atoms with E-state index < -0.39 is 0 Å². The molecule has 0 aliphatic rings. The first kappa shape index (κ1) is 12.0. The van der Waals surface area contributed by atoms with E-state index in [0.29, 0.717) is 0 Å². The molecule has 0 fully saturated rings. The van der Waals surface area contributed by atoms with Crippen molar-refractivity contribution < 1.29 is 0 Å². The molecule has 1 aromatic carbocycles. The highest BCUT2D eigenvalue weighted by atomic mass is 14.1. The Hall–Kier alpha value is -1.04. The normalized spacial score (nSPS) is 10.3. The van der Waals surface area contributed by atoms with Crippen LogP contribution in [0.4, 0.5) is 0 Å². The molecule has 0 aromatic heterocycles. The zero-order chi connectivity index (χ0) is 11.1. The summed E-state index contributed by atoms with van der Waals surface area (Å²) < 4.78 is 0. The smallest absolute Gasteiger partial charge is 0.0228 e. The summed E-state index contributed by atoms with van der Waals surface area (Å²) in [5.41, 5.74) is 4.37. The molecule has 1 rings (SSSR count). The Morgan fingerprint density at radius 2 is 1.93 bits per heavy atom. The molecule has 1 aromatic rings. The third kappa shape index (κ3) is 3.23. The molecule has 82 valence electrons. The van der Waals surface area contributed by atoms with Gasteiger partial charge in [0.2, 0.25) is 0 Å². The number of rotatable bonds is 6. The van der Waals surface area contributed by atoms with E-state index in [9.17, 15) is 0 Å². The van der Waals surface area contributed by atoms with E-state index in [2.05, 4.69) is 38.6 Å². The minimum Gasteiger partial charge on any atom is -0.0985 e. The molecule has 15 heavy (non-hydrogen) atoms. The molecule has 0 heteroatoms. The lowest BCUT2D eigenvalue weighted by Crippen LogP contribution is -1.97. The highest BCUT2D eigenvalue weighted by Gasteiger charge is 2.04. The fraction of sp³-hybridized carbons (Fsp3) is 0.467. The number of hydrogen-bond acceptors (Lipinski definition) is 0. The SMILES string of the molecule is C=Cc1cccc(CCCC)c1CCC. The van der Waals surface area contributed by atoms with Crippen LogP contribution in [0.25, 0.3) is 6.08 Å². The Kier molecular flexibility index (Phi) is 5.17. The van der Waals surface area contributed by atoms with E-state index in [1.54, 1.807) is 0 Å². The van der Waals surface area contributed by atoms with Crippen LogP contribution in [-0.2, 0) is 12.8 Å². The van der Waals surface area contributed by atoms with Crippen LogP contribution in [-0.4, -0.2) is 0 Å². The topological polar surface area (TPSA) is 0 Å². The molecule has 0 amide bonds. The lowest BCUT2D eigenvalue weighted by atomic mass is 9.94. The van der Waals surface area contributed by atoms with Crippen molar-refractivity contribution in [2.45, 2.75) is 46.0 Å². The van der Waals surface area contributed by atoms with Gasteiger partial charge in [0.25, 0.3) is 0 Å². The lowest BCUT2D eigenvalue weighted by Gasteiger charge is -2.11. The Morgan fingerprint density at radius 1 is 1.13 bits per heavy atom. The zero-order valence-corrected chi connectivity index (χ0v) is 10.1. The zero-order valence-electron chi connectivity index (χ0n) is 10.1. The Bertz CT molecular complexity index is 310. The third-order valence-corrected chi connectivity index (χ3v) is 2.83. The second kappa shape index (κ2) is 6.44. The molecule has 0 spiro atoms. The first-order valence-corrected chi connectivity index (χ1v) is 6.06. The summed E-state index contributed by atoms with van der Waals surface area (Å²) in [6, 6.07) is 6.60. The van der Waals surface area contributed by atoms with Crippen LogP contribution >= 0.6 is 0 Å². The number of benzene rings is 1. The molecule has 0 bridgehead atoms. The molecule has 0 saturated heterocycles. The minimum absolute atomic E-state index is 1.18. The van der Waals surface area contributed by atoms with Crippen molar-refractivity contribution in [2.75, 3.05) is 0 Å². The van der Waals surface area contributed by atoms with Gasteiger partial charge in [-0.3, -0.25) is 0 Å². The summed E-state index contributed by atoms with van der Waals surface area (Å²) in [5, 5.41) is 0. The van der Waals surface area contributed by atoms with Crippen LogP contribution in [0.15, 0.2) is 24.8 Å². The van der Waals surface area contributed by atoms with Gasteiger partial charge in [-0.05, 0) is 36.0 Å². The molecule has 0 saturated carbocycles. The average Bonchev–Trinajstić information content (AvgIpc) is 2.28. The molecule has 0 atom stereocenters. The highest BCUT2D eigenvalue weighted by Crippen LogP contribution is 2.20. The number of hydrogen-bond donors (Lipinski definition) is 0. The molecule has 0 heterocycles. The molecule has 0 N–H and O–H groups in total. The largest absolute Gasteiger partial charge is 0.0985 e. The fourth-order valence-corrected chi connectivity index (χ4v) is 2.00. The van der Waals surface area contributed by atoms with Crippen molar-refractivity contribution in [3.05, 3.63) is 41.5 Å². The summed E-state index contributed by atoms with van der Waals surface area (Å²) in [6.07, 6.45) is 8.15. The molecule has 0 unspecified atom stereocenters. The van der Waals surface area contributed by atoms with Gasteiger partial charge in [-0.1, -0.05) is 57.5 Å². The van der Waals surface area contributed by atoms with E-state index in [0.717, 1.165) is 0 Å². The van der Waals surface area contributed by atoms with Gasteiger partial charge in [-0.15, -0.1) is 0 Å². The van der Waals surface area contributed by atoms with Gasteiger partial charge in [-0.2, -0.15) is 0 Å². The Morgan fingerprint density at radius 3 is 2.53 bits per heavy atom. The van der Waals surface area contributed by atoms with Crippen LogP contribution in [0.5, 0.6) is 0 Å². The van der Waals surface area contributed by atoms with E-state index >= 15 is 0 Å². The van der Waals surface area contributed by atoms with Crippen molar-refractivity contribution in [1.82, 2.24) is 0 Å². The van der Waals surface area contributed by atoms with E-state index in [1.165, 1.54) is 48.8 Å².